The third-order valence-corrected chi connectivity index (χ3v) is 5.32. The van der Waals surface area contributed by atoms with Crippen molar-refractivity contribution in [1.82, 2.24) is 0 Å². The van der Waals surface area contributed by atoms with Crippen LogP contribution >= 0.6 is 22.9 Å². The molecular formula is C18H10ClNO4S. The first-order chi connectivity index (χ1) is 12.0. The van der Waals surface area contributed by atoms with Crippen molar-refractivity contribution in [3.8, 4) is 11.5 Å². The molecule has 1 aliphatic heterocycles. The number of fused-ring (bicyclic) bond motifs is 1. The molecule has 0 radical (unpaired) electrons. The van der Waals surface area contributed by atoms with Gasteiger partial charge in [0.2, 0.25) is 5.90 Å². The number of halogens is 1. The smallest absolute Gasteiger partial charge is 0.363 e. The van der Waals surface area contributed by atoms with Crippen LogP contribution in [0.15, 0.2) is 53.2 Å². The van der Waals surface area contributed by atoms with Gasteiger partial charge in [0.1, 0.15) is 4.88 Å². The summed E-state index contributed by atoms with van der Waals surface area (Å²) >= 11 is 7.78. The number of benzene rings is 2. The first-order valence-corrected chi connectivity index (χ1v) is 8.44. The molecule has 25 heavy (non-hydrogen) atoms. The van der Waals surface area contributed by atoms with E-state index in [1.807, 2.05) is 24.3 Å². The molecule has 0 unspecified atom stereocenters. The van der Waals surface area contributed by atoms with E-state index < -0.39 is 5.97 Å². The average molecular weight is 372 g/mol. The first-order valence-electron chi connectivity index (χ1n) is 7.25. The molecule has 0 spiro atoms. The van der Waals surface area contributed by atoms with Gasteiger partial charge in [-0.3, -0.25) is 0 Å². The zero-order valence-corrected chi connectivity index (χ0v) is 14.1. The molecular weight excluding hydrogens is 362 g/mol. The van der Waals surface area contributed by atoms with Crippen LogP contribution in [0, 0.1) is 0 Å². The van der Waals surface area contributed by atoms with Gasteiger partial charge in [0.15, 0.2) is 17.2 Å². The number of ether oxygens (including phenoxy) is 1. The van der Waals surface area contributed by atoms with Crippen molar-refractivity contribution in [3.63, 3.8) is 0 Å². The molecule has 4 rings (SSSR count). The lowest BCUT2D eigenvalue weighted by Gasteiger charge is -1.98. The van der Waals surface area contributed by atoms with Gasteiger partial charge in [-0.05, 0) is 29.8 Å². The number of aliphatic imine (C=N–C) groups is 1. The number of aromatic hydroxyl groups is 2. The molecule has 0 bridgehead atoms. The van der Waals surface area contributed by atoms with Gasteiger partial charge in [0, 0.05) is 10.1 Å². The van der Waals surface area contributed by atoms with Gasteiger partial charge in [-0.25, -0.2) is 9.79 Å². The number of nitrogens with zero attached hydrogens (tertiary/aromatic N) is 1. The number of thiophene rings is 1. The maximum atomic E-state index is 12.1. The van der Waals surface area contributed by atoms with Gasteiger partial charge in [0.25, 0.3) is 0 Å². The largest absolute Gasteiger partial charge is 0.504 e. The number of rotatable bonds is 2. The molecule has 7 heteroatoms. The highest BCUT2D eigenvalue weighted by molar-refractivity contribution is 7.21. The summed E-state index contributed by atoms with van der Waals surface area (Å²) in [5.41, 5.74) is 0.600. The summed E-state index contributed by atoms with van der Waals surface area (Å²) in [7, 11) is 0. The molecule has 0 amide bonds. The molecule has 2 heterocycles. The number of hydrogen-bond donors (Lipinski definition) is 2. The molecule has 0 saturated carbocycles. The van der Waals surface area contributed by atoms with Gasteiger partial charge in [0.05, 0.1) is 5.02 Å². The SMILES string of the molecule is O=C1OC(c2sc3ccccc3c2Cl)=N/C1=C/c1ccc(O)c(O)c1. The number of phenols is 2. The second-order valence-electron chi connectivity index (χ2n) is 5.33. The maximum absolute atomic E-state index is 12.1. The molecule has 3 aromatic rings. The minimum Gasteiger partial charge on any atom is -0.504 e. The molecule has 0 aliphatic carbocycles. The van der Waals surface area contributed by atoms with Crippen molar-refractivity contribution in [2.75, 3.05) is 0 Å². The summed E-state index contributed by atoms with van der Waals surface area (Å²) < 4.78 is 6.23. The maximum Gasteiger partial charge on any atom is 0.363 e. The highest BCUT2D eigenvalue weighted by atomic mass is 35.5. The zero-order valence-electron chi connectivity index (χ0n) is 12.6. The van der Waals surface area contributed by atoms with Crippen LogP contribution in [-0.2, 0) is 9.53 Å². The standard InChI is InChI=1S/C18H10ClNO4S/c19-15-10-3-1-2-4-14(10)25-16(15)17-20-11(18(23)24-17)7-9-5-6-12(21)13(22)8-9/h1-8,21-22H/b11-7+. The molecule has 5 nitrogen and oxygen atoms in total. The van der Waals surface area contributed by atoms with Crippen molar-refractivity contribution >= 4 is 51.0 Å². The van der Waals surface area contributed by atoms with Crippen LogP contribution < -0.4 is 0 Å². The fourth-order valence-electron chi connectivity index (χ4n) is 2.45. The van der Waals surface area contributed by atoms with Crippen LogP contribution in [0.4, 0.5) is 0 Å². The Labute approximate surface area is 151 Å². The van der Waals surface area contributed by atoms with E-state index >= 15 is 0 Å². The first kappa shape index (κ1) is 15.7. The van der Waals surface area contributed by atoms with Crippen molar-refractivity contribution in [3.05, 3.63) is 63.6 Å². The number of carbonyl (C=O) groups is 1. The quantitative estimate of drug-likeness (QED) is 0.399. The highest BCUT2D eigenvalue weighted by Crippen LogP contribution is 2.37. The molecule has 0 atom stereocenters. The third kappa shape index (κ3) is 2.75. The molecule has 1 aliphatic rings. The van der Waals surface area contributed by atoms with E-state index in [9.17, 15) is 15.0 Å². The Kier molecular flexibility index (Phi) is 3.71. The molecule has 124 valence electrons. The Bertz CT molecular complexity index is 1080. The normalized spacial score (nSPS) is 15.6. The van der Waals surface area contributed by atoms with Gasteiger partial charge in [-0.1, -0.05) is 35.9 Å². The molecule has 2 N–H and O–H groups in total. The van der Waals surface area contributed by atoms with Crippen LogP contribution in [0.5, 0.6) is 11.5 Å². The molecule has 0 fully saturated rings. The van der Waals surface area contributed by atoms with Crippen LogP contribution in [0.1, 0.15) is 10.4 Å². The lowest BCUT2D eigenvalue weighted by Crippen LogP contribution is -2.04. The minimum atomic E-state index is -0.601. The average Bonchev–Trinajstić information content (AvgIpc) is 3.12. The summed E-state index contributed by atoms with van der Waals surface area (Å²) in [4.78, 5) is 16.9. The summed E-state index contributed by atoms with van der Waals surface area (Å²) in [5.74, 6) is -0.962. The Hall–Kier alpha value is -2.83. The minimum absolute atomic E-state index is 0.0913. The number of esters is 1. The van der Waals surface area contributed by atoms with Crippen LogP contribution in [0.25, 0.3) is 16.2 Å². The zero-order chi connectivity index (χ0) is 17.6. The van der Waals surface area contributed by atoms with Crippen molar-refractivity contribution in [1.29, 1.82) is 0 Å². The van der Waals surface area contributed by atoms with Gasteiger partial charge < -0.3 is 14.9 Å². The van der Waals surface area contributed by atoms with Crippen LogP contribution in [0.3, 0.4) is 0 Å². The third-order valence-electron chi connectivity index (χ3n) is 3.65. The monoisotopic (exact) mass is 371 g/mol. The topological polar surface area (TPSA) is 79.1 Å². The fourth-order valence-corrected chi connectivity index (χ4v) is 3.88. The number of phenolic OH excluding ortho intramolecular Hbond substituents is 2. The van der Waals surface area contributed by atoms with E-state index in [0.717, 1.165) is 10.1 Å². The predicted molar refractivity (Wildman–Crippen MR) is 97.2 cm³/mol. The Morgan fingerprint density at radius 1 is 1.12 bits per heavy atom. The van der Waals surface area contributed by atoms with Crippen LogP contribution in [-0.4, -0.2) is 22.1 Å². The highest BCUT2D eigenvalue weighted by Gasteiger charge is 2.27. The number of carbonyl (C=O) groups excluding carboxylic acids is 1. The second kappa shape index (κ2) is 5.91. The van der Waals surface area contributed by atoms with Crippen LogP contribution in [0.2, 0.25) is 5.02 Å². The van der Waals surface area contributed by atoms with Crippen molar-refractivity contribution in [2.45, 2.75) is 0 Å². The van der Waals surface area contributed by atoms with E-state index in [4.69, 9.17) is 16.3 Å². The summed E-state index contributed by atoms with van der Waals surface area (Å²) in [6.07, 6.45) is 1.47. The van der Waals surface area contributed by atoms with E-state index in [1.165, 1.54) is 29.5 Å². The predicted octanol–water partition coefficient (Wildman–Crippen LogP) is 4.31. The number of cyclic esters (lactones) is 1. The van der Waals surface area contributed by atoms with E-state index in [0.29, 0.717) is 15.5 Å². The molecule has 1 aromatic heterocycles. The fraction of sp³-hybridized carbons (Fsp3) is 0. The summed E-state index contributed by atoms with van der Waals surface area (Å²) in [6, 6.07) is 11.8. The van der Waals surface area contributed by atoms with Crippen molar-refractivity contribution in [2.24, 2.45) is 4.99 Å². The van der Waals surface area contributed by atoms with Gasteiger partial charge in [-0.2, -0.15) is 0 Å². The van der Waals surface area contributed by atoms with E-state index in [2.05, 4.69) is 4.99 Å². The summed E-state index contributed by atoms with van der Waals surface area (Å²) in [6.45, 7) is 0. The van der Waals surface area contributed by atoms with Crippen molar-refractivity contribution < 1.29 is 19.7 Å². The van der Waals surface area contributed by atoms with Gasteiger partial charge >= 0.3 is 5.97 Å². The number of hydrogen-bond acceptors (Lipinski definition) is 6. The van der Waals surface area contributed by atoms with E-state index in [1.54, 1.807) is 6.07 Å². The lowest BCUT2D eigenvalue weighted by molar-refractivity contribution is -0.129. The Balaban J connectivity index is 1.75. The summed E-state index contributed by atoms with van der Waals surface area (Å²) in [5, 5.41) is 20.3. The molecule has 0 saturated heterocycles. The Morgan fingerprint density at radius 3 is 2.68 bits per heavy atom. The lowest BCUT2D eigenvalue weighted by atomic mass is 10.1. The van der Waals surface area contributed by atoms with Gasteiger partial charge in [-0.15, -0.1) is 11.3 Å². The second-order valence-corrected chi connectivity index (χ2v) is 6.76. The molecule has 2 aromatic carbocycles. The Morgan fingerprint density at radius 2 is 1.92 bits per heavy atom. The van der Waals surface area contributed by atoms with E-state index in [-0.39, 0.29) is 23.1 Å².